The Balaban J connectivity index is 2.12. The van der Waals surface area contributed by atoms with Crippen molar-refractivity contribution in [2.24, 2.45) is 0 Å². The fourth-order valence-electron chi connectivity index (χ4n) is 2.28. The number of hydrogen-bond acceptors (Lipinski definition) is 3. The normalized spacial score (nSPS) is 10.9. The third kappa shape index (κ3) is 4.32. The van der Waals surface area contributed by atoms with Crippen molar-refractivity contribution >= 4 is 23.3 Å². The Labute approximate surface area is 146 Å². The predicted octanol–water partition coefficient (Wildman–Crippen LogP) is 4.41. The zero-order valence-corrected chi connectivity index (χ0v) is 14.9. The van der Waals surface area contributed by atoms with E-state index < -0.39 is 5.54 Å². The van der Waals surface area contributed by atoms with Crippen LogP contribution in [0.15, 0.2) is 42.5 Å². The number of hydrogen-bond donors (Lipinski definition) is 2. The highest BCUT2D eigenvalue weighted by Gasteiger charge is 2.24. The Morgan fingerprint density at radius 2 is 1.62 bits per heavy atom. The van der Waals surface area contributed by atoms with Crippen LogP contribution in [0.4, 0.5) is 10.5 Å². The summed E-state index contributed by atoms with van der Waals surface area (Å²) in [6.45, 7) is 3.82. The van der Waals surface area contributed by atoms with Crippen molar-refractivity contribution in [3.8, 4) is 11.5 Å². The number of nitrogens with one attached hydrogen (secondary N) is 2. The average Bonchev–Trinajstić information content (AvgIpc) is 2.55. The predicted molar refractivity (Wildman–Crippen MR) is 96.2 cm³/mol. The lowest BCUT2D eigenvalue weighted by molar-refractivity contribution is 0.241. The number of halogens is 1. The number of anilines is 1. The standard InChI is InChI=1S/C18H21ClN2O3/c1-18(2,12-5-10-15(23-3)16(11-12)24-4)21-17(22)20-14-8-6-13(19)7-9-14/h5-11H,1-4H3,(H2,20,21,22). The van der Waals surface area contributed by atoms with Gasteiger partial charge in [0.1, 0.15) is 0 Å². The van der Waals surface area contributed by atoms with Gasteiger partial charge in [0.15, 0.2) is 11.5 Å². The van der Waals surface area contributed by atoms with Crippen LogP contribution < -0.4 is 20.1 Å². The largest absolute Gasteiger partial charge is 0.493 e. The zero-order valence-electron chi connectivity index (χ0n) is 14.1. The summed E-state index contributed by atoms with van der Waals surface area (Å²) in [5, 5.41) is 6.34. The van der Waals surface area contributed by atoms with Gasteiger partial charge in [0.2, 0.25) is 0 Å². The molecule has 24 heavy (non-hydrogen) atoms. The number of carbonyl (C=O) groups is 1. The van der Waals surface area contributed by atoms with Gasteiger partial charge in [-0.25, -0.2) is 4.79 Å². The lowest BCUT2D eigenvalue weighted by Gasteiger charge is -2.27. The first-order valence-electron chi connectivity index (χ1n) is 7.43. The lowest BCUT2D eigenvalue weighted by Crippen LogP contribution is -2.43. The monoisotopic (exact) mass is 348 g/mol. The van der Waals surface area contributed by atoms with Crippen molar-refractivity contribution in [3.63, 3.8) is 0 Å². The molecule has 5 nitrogen and oxygen atoms in total. The zero-order chi connectivity index (χ0) is 17.7. The van der Waals surface area contributed by atoms with Crippen LogP contribution in [0.25, 0.3) is 0 Å². The Morgan fingerprint density at radius 3 is 2.21 bits per heavy atom. The first-order chi connectivity index (χ1) is 11.4. The quantitative estimate of drug-likeness (QED) is 0.841. The molecule has 0 atom stereocenters. The van der Waals surface area contributed by atoms with Crippen molar-refractivity contribution in [1.29, 1.82) is 0 Å². The maximum Gasteiger partial charge on any atom is 0.319 e. The van der Waals surface area contributed by atoms with Gasteiger partial charge in [0.25, 0.3) is 0 Å². The molecule has 0 aliphatic rings. The molecule has 0 bridgehead atoms. The molecule has 0 unspecified atom stereocenters. The molecule has 2 amide bonds. The summed E-state index contributed by atoms with van der Waals surface area (Å²) in [4.78, 5) is 12.3. The van der Waals surface area contributed by atoms with Crippen molar-refractivity contribution in [2.75, 3.05) is 19.5 Å². The fraction of sp³-hybridized carbons (Fsp3) is 0.278. The molecule has 0 saturated heterocycles. The van der Waals surface area contributed by atoms with Gasteiger partial charge in [-0.15, -0.1) is 0 Å². The molecular formula is C18H21ClN2O3. The van der Waals surface area contributed by atoms with Crippen LogP contribution in [-0.2, 0) is 5.54 Å². The maximum atomic E-state index is 12.3. The minimum Gasteiger partial charge on any atom is -0.493 e. The van der Waals surface area contributed by atoms with Crippen molar-refractivity contribution in [3.05, 3.63) is 53.1 Å². The molecular weight excluding hydrogens is 328 g/mol. The Hall–Kier alpha value is -2.40. The summed E-state index contributed by atoms with van der Waals surface area (Å²) in [7, 11) is 3.16. The van der Waals surface area contributed by atoms with E-state index in [4.69, 9.17) is 21.1 Å². The third-order valence-electron chi connectivity index (χ3n) is 3.63. The minimum absolute atomic E-state index is 0.308. The molecule has 0 saturated carbocycles. The molecule has 0 fully saturated rings. The average molecular weight is 349 g/mol. The van der Waals surface area contributed by atoms with E-state index >= 15 is 0 Å². The van der Waals surface area contributed by atoms with Crippen LogP contribution in [0, 0.1) is 0 Å². The van der Waals surface area contributed by atoms with E-state index in [-0.39, 0.29) is 6.03 Å². The third-order valence-corrected chi connectivity index (χ3v) is 3.89. The van der Waals surface area contributed by atoms with Gasteiger partial charge in [-0.05, 0) is 55.8 Å². The van der Waals surface area contributed by atoms with Crippen molar-refractivity contribution < 1.29 is 14.3 Å². The molecule has 0 aliphatic heterocycles. The highest BCUT2D eigenvalue weighted by Crippen LogP contribution is 2.32. The number of benzene rings is 2. The van der Waals surface area contributed by atoms with Crippen LogP contribution in [0.2, 0.25) is 5.02 Å². The molecule has 2 aromatic carbocycles. The van der Waals surface area contributed by atoms with Gasteiger partial charge in [-0.2, -0.15) is 0 Å². The summed E-state index contributed by atoms with van der Waals surface area (Å²) in [6, 6.07) is 12.2. The molecule has 128 valence electrons. The second-order valence-electron chi connectivity index (χ2n) is 5.78. The Bertz CT molecular complexity index is 715. The fourth-order valence-corrected chi connectivity index (χ4v) is 2.40. The highest BCUT2D eigenvalue weighted by atomic mass is 35.5. The summed E-state index contributed by atoms with van der Waals surface area (Å²) in [5.41, 5.74) is 0.960. The smallest absolute Gasteiger partial charge is 0.319 e. The number of urea groups is 1. The van der Waals surface area contributed by atoms with Gasteiger partial charge in [0, 0.05) is 10.7 Å². The second-order valence-corrected chi connectivity index (χ2v) is 6.22. The molecule has 0 aliphatic carbocycles. The van der Waals surface area contributed by atoms with Gasteiger partial charge in [-0.1, -0.05) is 17.7 Å². The lowest BCUT2D eigenvalue weighted by atomic mass is 9.94. The van der Waals surface area contributed by atoms with Gasteiger partial charge >= 0.3 is 6.03 Å². The van der Waals surface area contributed by atoms with Gasteiger partial charge in [-0.3, -0.25) is 0 Å². The van der Waals surface area contributed by atoms with E-state index in [0.717, 1.165) is 5.56 Å². The molecule has 2 N–H and O–H groups in total. The Kier molecular flexibility index (Phi) is 5.57. The first kappa shape index (κ1) is 17.9. The van der Waals surface area contributed by atoms with E-state index in [0.29, 0.717) is 22.2 Å². The summed E-state index contributed by atoms with van der Waals surface area (Å²) in [5.74, 6) is 1.26. The first-order valence-corrected chi connectivity index (χ1v) is 7.81. The molecule has 0 heterocycles. The van der Waals surface area contributed by atoms with E-state index in [9.17, 15) is 4.79 Å². The molecule has 2 aromatic rings. The number of rotatable bonds is 5. The maximum absolute atomic E-state index is 12.3. The number of carbonyl (C=O) groups excluding carboxylic acids is 1. The highest BCUT2D eigenvalue weighted by molar-refractivity contribution is 6.30. The molecule has 0 spiro atoms. The van der Waals surface area contributed by atoms with Crippen LogP contribution in [0.5, 0.6) is 11.5 Å². The summed E-state index contributed by atoms with van der Waals surface area (Å²) >= 11 is 5.84. The van der Waals surface area contributed by atoms with Gasteiger partial charge in [0.05, 0.1) is 19.8 Å². The van der Waals surface area contributed by atoms with E-state index in [2.05, 4.69) is 10.6 Å². The number of methoxy groups -OCH3 is 2. The molecule has 0 aromatic heterocycles. The SMILES string of the molecule is COc1ccc(C(C)(C)NC(=O)Nc2ccc(Cl)cc2)cc1OC. The van der Waals surface area contributed by atoms with Crippen LogP contribution in [0.1, 0.15) is 19.4 Å². The second kappa shape index (κ2) is 7.45. The Morgan fingerprint density at radius 1 is 1.00 bits per heavy atom. The summed E-state index contributed by atoms with van der Waals surface area (Å²) in [6.07, 6.45) is 0. The van der Waals surface area contributed by atoms with E-state index in [1.54, 1.807) is 38.5 Å². The summed E-state index contributed by atoms with van der Waals surface area (Å²) < 4.78 is 10.6. The van der Waals surface area contributed by atoms with Crippen molar-refractivity contribution in [2.45, 2.75) is 19.4 Å². The number of amides is 2. The topological polar surface area (TPSA) is 59.6 Å². The van der Waals surface area contributed by atoms with Crippen LogP contribution >= 0.6 is 11.6 Å². The molecule has 2 rings (SSSR count). The van der Waals surface area contributed by atoms with E-state index in [1.165, 1.54) is 0 Å². The van der Waals surface area contributed by atoms with E-state index in [1.807, 2.05) is 32.0 Å². The minimum atomic E-state index is -0.601. The van der Waals surface area contributed by atoms with Crippen LogP contribution in [-0.4, -0.2) is 20.3 Å². The van der Waals surface area contributed by atoms with Crippen molar-refractivity contribution in [1.82, 2.24) is 5.32 Å². The number of ether oxygens (including phenoxy) is 2. The van der Waals surface area contributed by atoms with Crippen LogP contribution in [0.3, 0.4) is 0 Å². The van der Waals surface area contributed by atoms with Gasteiger partial charge < -0.3 is 20.1 Å². The molecule has 0 radical (unpaired) electrons. The molecule has 6 heteroatoms.